The first kappa shape index (κ1) is 10.9. The van der Waals surface area contributed by atoms with Crippen LogP contribution in [-0.4, -0.2) is 37.1 Å². The van der Waals surface area contributed by atoms with E-state index in [1.807, 2.05) is 6.07 Å². The highest BCUT2D eigenvalue weighted by molar-refractivity contribution is 5.58. The van der Waals surface area contributed by atoms with Gasteiger partial charge in [0.1, 0.15) is 0 Å². The highest BCUT2D eigenvalue weighted by Crippen LogP contribution is 2.29. The molecular weight excluding hydrogens is 210 g/mol. The van der Waals surface area contributed by atoms with Crippen LogP contribution in [0.1, 0.15) is 18.4 Å². The van der Waals surface area contributed by atoms with E-state index >= 15 is 0 Å². The second kappa shape index (κ2) is 4.22. The molecule has 17 heavy (non-hydrogen) atoms. The van der Waals surface area contributed by atoms with Crippen LogP contribution in [0.4, 0.5) is 11.4 Å². The molecule has 0 aromatic heterocycles. The monoisotopic (exact) mass is 231 g/mol. The molecule has 2 aliphatic rings. The minimum absolute atomic E-state index is 0.894. The Labute approximate surface area is 103 Å². The number of aryl methyl sites for hydroxylation is 1. The van der Waals surface area contributed by atoms with E-state index in [0.29, 0.717) is 0 Å². The summed E-state index contributed by atoms with van der Waals surface area (Å²) >= 11 is 0. The largest absolute Gasteiger partial charge is 0.399 e. The van der Waals surface area contributed by atoms with Crippen LogP contribution in [-0.2, 0) is 0 Å². The van der Waals surface area contributed by atoms with Gasteiger partial charge in [0, 0.05) is 43.6 Å². The van der Waals surface area contributed by atoms with Gasteiger partial charge in [0.25, 0.3) is 0 Å². The Hall–Kier alpha value is -1.22. The third-order valence-electron chi connectivity index (χ3n) is 4.00. The lowest BCUT2D eigenvalue weighted by atomic mass is 10.1. The minimum Gasteiger partial charge on any atom is -0.399 e. The molecule has 1 aliphatic carbocycles. The molecule has 92 valence electrons. The topological polar surface area (TPSA) is 32.5 Å². The van der Waals surface area contributed by atoms with Gasteiger partial charge in [-0.2, -0.15) is 0 Å². The molecule has 0 amide bonds. The first-order valence-electron chi connectivity index (χ1n) is 6.59. The molecule has 1 aliphatic heterocycles. The summed E-state index contributed by atoms with van der Waals surface area (Å²) in [6.45, 7) is 6.82. The van der Waals surface area contributed by atoms with E-state index in [1.54, 1.807) is 0 Å². The highest BCUT2D eigenvalue weighted by Gasteiger charge is 2.31. The average molecular weight is 231 g/mol. The van der Waals surface area contributed by atoms with Crippen LogP contribution in [0.3, 0.4) is 0 Å². The number of nitrogen functional groups attached to an aromatic ring is 1. The molecule has 1 saturated carbocycles. The average Bonchev–Trinajstić information content (AvgIpc) is 3.17. The zero-order chi connectivity index (χ0) is 11.8. The number of hydrogen-bond donors (Lipinski definition) is 1. The van der Waals surface area contributed by atoms with Crippen molar-refractivity contribution in [2.24, 2.45) is 0 Å². The number of nitrogens with zero attached hydrogens (tertiary/aromatic N) is 2. The fourth-order valence-corrected chi connectivity index (χ4v) is 2.64. The lowest BCUT2D eigenvalue weighted by Crippen LogP contribution is -2.47. The summed E-state index contributed by atoms with van der Waals surface area (Å²) in [6, 6.07) is 7.29. The van der Waals surface area contributed by atoms with Crippen molar-refractivity contribution in [3.05, 3.63) is 23.8 Å². The number of benzene rings is 1. The molecule has 0 atom stereocenters. The summed E-state index contributed by atoms with van der Waals surface area (Å²) in [4.78, 5) is 5.12. The van der Waals surface area contributed by atoms with E-state index in [-0.39, 0.29) is 0 Å². The van der Waals surface area contributed by atoms with Crippen LogP contribution in [0.5, 0.6) is 0 Å². The van der Waals surface area contributed by atoms with E-state index < -0.39 is 0 Å². The van der Waals surface area contributed by atoms with Gasteiger partial charge in [-0.15, -0.1) is 0 Å². The Kier molecular flexibility index (Phi) is 2.71. The van der Waals surface area contributed by atoms with Gasteiger partial charge in [-0.05, 0) is 43.5 Å². The molecule has 1 aromatic carbocycles. The molecule has 0 unspecified atom stereocenters. The number of piperazine rings is 1. The number of rotatable bonds is 2. The third kappa shape index (κ3) is 2.25. The summed E-state index contributed by atoms with van der Waals surface area (Å²) < 4.78 is 0. The normalized spacial score (nSPS) is 21.8. The zero-order valence-electron chi connectivity index (χ0n) is 10.5. The van der Waals surface area contributed by atoms with Gasteiger partial charge in [0.05, 0.1) is 0 Å². The van der Waals surface area contributed by atoms with Crippen LogP contribution >= 0.6 is 0 Å². The maximum absolute atomic E-state index is 5.86. The molecule has 2 fully saturated rings. The predicted octanol–water partition coefficient (Wildman–Crippen LogP) is 1.86. The highest BCUT2D eigenvalue weighted by atomic mass is 15.3. The quantitative estimate of drug-likeness (QED) is 0.789. The van der Waals surface area contributed by atoms with Gasteiger partial charge >= 0.3 is 0 Å². The summed E-state index contributed by atoms with van der Waals surface area (Å²) in [6.07, 6.45) is 2.84. The second-order valence-corrected chi connectivity index (χ2v) is 5.30. The Balaban J connectivity index is 1.66. The van der Waals surface area contributed by atoms with Crippen molar-refractivity contribution in [1.29, 1.82) is 0 Å². The van der Waals surface area contributed by atoms with Crippen LogP contribution in [0, 0.1) is 6.92 Å². The zero-order valence-corrected chi connectivity index (χ0v) is 10.5. The molecule has 0 spiro atoms. The SMILES string of the molecule is Cc1cc(N2CCN(C3CC3)CC2)ccc1N. The van der Waals surface area contributed by atoms with Crippen molar-refractivity contribution < 1.29 is 0 Å². The van der Waals surface area contributed by atoms with E-state index in [0.717, 1.165) is 24.8 Å². The van der Waals surface area contributed by atoms with Crippen molar-refractivity contribution in [3.8, 4) is 0 Å². The van der Waals surface area contributed by atoms with E-state index in [4.69, 9.17) is 5.73 Å². The number of anilines is 2. The van der Waals surface area contributed by atoms with Crippen molar-refractivity contribution in [3.63, 3.8) is 0 Å². The molecule has 1 saturated heterocycles. The maximum atomic E-state index is 5.86. The van der Waals surface area contributed by atoms with Crippen LogP contribution < -0.4 is 10.6 Å². The third-order valence-corrected chi connectivity index (χ3v) is 4.00. The van der Waals surface area contributed by atoms with E-state index in [2.05, 4.69) is 28.9 Å². The van der Waals surface area contributed by atoms with Gasteiger partial charge in [-0.3, -0.25) is 4.90 Å². The fraction of sp³-hybridized carbons (Fsp3) is 0.571. The summed E-state index contributed by atoms with van der Waals surface area (Å²) in [7, 11) is 0. The lowest BCUT2D eigenvalue weighted by Gasteiger charge is -2.36. The molecule has 3 rings (SSSR count). The minimum atomic E-state index is 0.894. The first-order valence-corrected chi connectivity index (χ1v) is 6.59. The van der Waals surface area contributed by atoms with Gasteiger partial charge in [-0.1, -0.05) is 0 Å². The van der Waals surface area contributed by atoms with Gasteiger partial charge in [-0.25, -0.2) is 0 Å². The van der Waals surface area contributed by atoms with Crippen LogP contribution in [0.25, 0.3) is 0 Å². The summed E-state index contributed by atoms with van der Waals surface area (Å²) in [5.41, 5.74) is 9.27. The lowest BCUT2D eigenvalue weighted by molar-refractivity contribution is 0.248. The maximum Gasteiger partial charge on any atom is 0.0371 e. The number of hydrogen-bond acceptors (Lipinski definition) is 3. The van der Waals surface area contributed by atoms with Gasteiger partial charge in [0.2, 0.25) is 0 Å². The predicted molar refractivity (Wildman–Crippen MR) is 72.4 cm³/mol. The molecule has 3 heteroatoms. The molecular formula is C14H21N3. The van der Waals surface area contributed by atoms with Crippen molar-refractivity contribution >= 4 is 11.4 Å². The molecule has 1 aromatic rings. The summed E-state index contributed by atoms with van der Waals surface area (Å²) in [5.74, 6) is 0. The van der Waals surface area contributed by atoms with Crippen LogP contribution in [0.15, 0.2) is 18.2 Å². The molecule has 0 radical (unpaired) electrons. The Morgan fingerprint density at radius 1 is 1.12 bits per heavy atom. The Morgan fingerprint density at radius 3 is 2.41 bits per heavy atom. The van der Waals surface area contributed by atoms with Gasteiger partial charge < -0.3 is 10.6 Å². The van der Waals surface area contributed by atoms with E-state index in [9.17, 15) is 0 Å². The standard InChI is InChI=1S/C14H21N3/c1-11-10-13(4-5-14(11)15)17-8-6-16(7-9-17)12-2-3-12/h4-5,10,12H,2-3,6-9,15H2,1H3. The van der Waals surface area contributed by atoms with Crippen molar-refractivity contribution in [2.75, 3.05) is 36.8 Å². The fourth-order valence-electron chi connectivity index (χ4n) is 2.64. The van der Waals surface area contributed by atoms with Crippen molar-refractivity contribution in [2.45, 2.75) is 25.8 Å². The Morgan fingerprint density at radius 2 is 1.82 bits per heavy atom. The number of nitrogens with two attached hydrogens (primary N) is 1. The molecule has 1 heterocycles. The van der Waals surface area contributed by atoms with E-state index in [1.165, 1.54) is 37.2 Å². The van der Waals surface area contributed by atoms with Crippen molar-refractivity contribution in [1.82, 2.24) is 4.90 Å². The first-order chi connectivity index (χ1) is 8.24. The van der Waals surface area contributed by atoms with Crippen LogP contribution in [0.2, 0.25) is 0 Å². The van der Waals surface area contributed by atoms with Gasteiger partial charge in [0.15, 0.2) is 0 Å². The Bertz CT molecular complexity index is 404. The molecule has 2 N–H and O–H groups in total. The second-order valence-electron chi connectivity index (χ2n) is 5.30. The summed E-state index contributed by atoms with van der Waals surface area (Å²) in [5, 5.41) is 0. The molecule has 3 nitrogen and oxygen atoms in total. The molecule has 0 bridgehead atoms. The smallest absolute Gasteiger partial charge is 0.0371 e.